The first kappa shape index (κ1) is 23.4. The number of rotatable bonds is 5. The Kier molecular flexibility index (Phi) is 6.30. The largest absolute Gasteiger partial charge is 0.441 e. The maximum atomic E-state index is 12.6. The van der Waals surface area contributed by atoms with Crippen LogP contribution < -0.4 is 5.32 Å². The van der Waals surface area contributed by atoms with Gasteiger partial charge in [-0.25, -0.2) is 4.79 Å². The molecular formula is C30H26N2O4. The molecule has 1 fully saturated rings. The summed E-state index contributed by atoms with van der Waals surface area (Å²) in [6.45, 7) is 3.72. The lowest BCUT2D eigenvalue weighted by Gasteiger charge is -2.18. The van der Waals surface area contributed by atoms with Crippen molar-refractivity contribution in [2.75, 3.05) is 6.61 Å². The van der Waals surface area contributed by atoms with Crippen LogP contribution in [0, 0.1) is 11.8 Å². The second kappa shape index (κ2) is 9.71. The number of hydrogen-bond acceptors (Lipinski definition) is 5. The van der Waals surface area contributed by atoms with Gasteiger partial charge in [-0.15, -0.1) is 0 Å². The fraction of sp³-hybridized carbons (Fsp3) is 0.233. The van der Waals surface area contributed by atoms with E-state index in [1.54, 1.807) is 6.92 Å². The van der Waals surface area contributed by atoms with Gasteiger partial charge >= 0.3 is 6.09 Å². The molecule has 0 spiro atoms. The molecule has 1 N–H and O–H groups in total. The van der Waals surface area contributed by atoms with Gasteiger partial charge in [-0.2, -0.15) is 0 Å². The quantitative estimate of drug-likeness (QED) is 0.384. The van der Waals surface area contributed by atoms with E-state index in [4.69, 9.17) is 9.57 Å². The minimum absolute atomic E-state index is 0.152. The van der Waals surface area contributed by atoms with Gasteiger partial charge in [0.15, 0.2) is 6.61 Å². The number of benzene rings is 3. The fourth-order valence-electron chi connectivity index (χ4n) is 4.27. The molecule has 0 bridgehead atoms. The van der Waals surface area contributed by atoms with E-state index in [1.165, 1.54) is 0 Å². The van der Waals surface area contributed by atoms with E-state index < -0.39 is 12.2 Å². The van der Waals surface area contributed by atoms with Crippen LogP contribution in [-0.2, 0) is 19.8 Å². The van der Waals surface area contributed by atoms with Gasteiger partial charge in [-0.05, 0) is 60.7 Å². The summed E-state index contributed by atoms with van der Waals surface area (Å²) < 4.78 is 5.54. The Morgan fingerprint density at radius 1 is 1.08 bits per heavy atom. The first-order valence-electron chi connectivity index (χ1n) is 11.9. The van der Waals surface area contributed by atoms with Crippen molar-refractivity contribution in [3.63, 3.8) is 0 Å². The summed E-state index contributed by atoms with van der Waals surface area (Å²) in [5.74, 6) is 6.31. The molecule has 0 aromatic heterocycles. The van der Waals surface area contributed by atoms with Crippen LogP contribution >= 0.6 is 0 Å². The molecule has 1 atom stereocenters. The van der Waals surface area contributed by atoms with Crippen LogP contribution in [0.2, 0.25) is 0 Å². The molecular weight excluding hydrogens is 452 g/mol. The number of carbonyl (C=O) groups is 2. The third kappa shape index (κ3) is 4.87. The van der Waals surface area contributed by atoms with Crippen LogP contribution in [0.4, 0.5) is 4.79 Å². The molecule has 180 valence electrons. The monoisotopic (exact) mass is 478 g/mol. The lowest BCUT2D eigenvalue weighted by atomic mass is 9.94. The number of nitrogens with one attached hydrogen (secondary N) is 1. The molecule has 2 aliphatic rings. The number of fused-ring (bicyclic) bond motifs is 1. The second-order valence-electron chi connectivity index (χ2n) is 9.19. The van der Waals surface area contributed by atoms with Crippen molar-refractivity contribution in [2.24, 2.45) is 5.16 Å². The van der Waals surface area contributed by atoms with Crippen LogP contribution in [0.3, 0.4) is 0 Å². The van der Waals surface area contributed by atoms with Crippen molar-refractivity contribution >= 4 is 28.9 Å². The van der Waals surface area contributed by atoms with Crippen molar-refractivity contribution < 1.29 is 19.2 Å². The molecule has 1 heterocycles. The molecule has 1 aliphatic carbocycles. The van der Waals surface area contributed by atoms with Crippen LogP contribution in [0.25, 0.3) is 10.8 Å². The Hall–Kier alpha value is -4.37. The number of hydrogen-bond donors (Lipinski definition) is 1. The standard InChI is InChI=1S/C30H26N2O4/c1-20-28(31-29(34)36-21(2)23-6-4-3-5-7-23)26(18-35-32-20)11-9-22-8-10-25-17-27(13-12-24(25)16-22)30(19-33)14-15-30/h3-8,10,12-13,16-17,19,21H,14-15,18H2,1-2H3,(H,31,34). The number of ether oxygens (including phenoxy) is 1. The Morgan fingerprint density at radius 3 is 2.58 bits per heavy atom. The summed E-state index contributed by atoms with van der Waals surface area (Å²) in [7, 11) is 0. The van der Waals surface area contributed by atoms with E-state index in [9.17, 15) is 9.59 Å². The third-order valence-corrected chi connectivity index (χ3v) is 6.64. The van der Waals surface area contributed by atoms with Crippen molar-refractivity contribution in [1.82, 2.24) is 5.32 Å². The predicted octanol–water partition coefficient (Wildman–Crippen LogP) is 5.57. The van der Waals surface area contributed by atoms with E-state index >= 15 is 0 Å². The number of allylic oxidation sites excluding steroid dienone is 1. The highest BCUT2D eigenvalue weighted by Crippen LogP contribution is 2.46. The predicted molar refractivity (Wildman–Crippen MR) is 138 cm³/mol. The zero-order valence-electron chi connectivity index (χ0n) is 20.2. The molecule has 1 unspecified atom stereocenters. The average Bonchev–Trinajstić information content (AvgIpc) is 3.70. The first-order chi connectivity index (χ1) is 17.5. The maximum absolute atomic E-state index is 12.6. The Balaban J connectivity index is 1.35. The summed E-state index contributed by atoms with van der Waals surface area (Å²) in [6.07, 6.45) is 1.92. The van der Waals surface area contributed by atoms with Crippen molar-refractivity contribution in [1.29, 1.82) is 0 Å². The highest BCUT2D eigenvalue weighted by molar-refractivity contribution is 6.02. The number of nitrogens with zero attached hydrogens (tertiary/aromatic N) is 1. The smallest absolute Gasteiger partial charge is 0.412 e. The van der Waals surface area contributed by atoms with Crippen molar-refractivity contribution in [3.05, 3.63) is 94.7 Å². The van der Waals surface area contributed by atoms with Gasteiger partial charge in [0.1, 0.15) is 18.1 Å². The van der Waals surface area contributed by atoms with Crippen LogP contribution in [0.1, 0.15) is 49.5 Å². The highest BCUT2D eigenvalue weighted by Gasteiger charge is 2.44. The van der Waals surface area contributed by atoms with Gasteiger partial charge < -0.3 is 14.4 Å². The van der Waals surface area contributed by atoms with E-state index in [1.807, 2.05) is 67.6 Å². The summed E-state index contributed by atoms with van der Waals surface area (Å²) >= 11 is 0. The summed E-state index contributed by atoms with van der Waals surface area (Å²) in [6, 6.07) is 21.7. The van der Waals surface area contributed by atoms with Crippen LogP contribution in [0.15, 0.2) is 83.2 Å². The Labute approximate surface area is 210 Å². The lowest BCUT2D eigenvalue weighted by molar-refractivity contribution is -0.109. The van der Waals surface area contributed by atoms with Gasteiger partial charge in [-0.3, -0.25) is 5.32 Å². The number of alkyl carbamates (subject to hydrolysis) is 1. The normalized spacial score (nSPS) is 16.7. The molecule has 6 heteroatoms. The van der Waals surface area contributed by atoms with E-state index in [0.717, 1.165) is 46.6 Å². The fourth-order valence-corrected chi connectivity index (χ4v) is 4.27. The number of aldehydes is 1. The van der Waals surface area contributed by atoms with Gasteiger partial charge in [-0.1, -0.05) is 71.6 Å². The summed E-state index contributed by atoms with van der Waals surface area (Å²) in [5.41, 5.74) is 4.15. The zero-order chi connectivity index (χ0) is 25.1. The zero-order valence-corrected chi connectivity index (χ0v) is 20.2. The molecule has 36 heavy (non-hydrogen) atoms. The van der Waals surface area contributed by atoms with Gasteiger partial charge in [0.2, 0.25) is 0 Å². The minimum atomic E-state index is -0.581. The number of oxime groups is 1. The van der Waals surface area contributed by atoms with Gasteiger partial charge in [0.25, 0.3) is 0 Å². The van der Waals surface area contributed by atoms with Crippen LogP contribution in [0.5, 0.6) is 0 Å². The first-order valence-corrected chi connectivity index (χ1v) is 11.9. The second-order valence-corrected chi connectivity index (χ2v) is 9.19. The van der Waals surface area contributed by atoms with E-state index in [2.05, 4.69) is 28.4 Å². The molecule has 3 aromatic rings. The van der Waals surface area contributed by atoms with Gasteiger partial charge in [0, 0.05) is 5.56 Å². The van der Waals surface area contributed by atoms with Crippen LogP contribution in [-0.4, -0.2) is 24.7 Å². The lowest BCUT2D eigenvalue weighted by Crippen LogP contribution is -2.31. The molecule has 0 saturated heterocycles. The molecule has 0 radical (unpaired) electrons. The maximum Gasteiger partial charge on any atom is 0.412 e. The van der Waals surface area contributed by atoms with Gasteiger partial charge in [0.05, 0.1) is 16.7 Å². The topological polar surface area (TPSA) is 77.0 Å². The molecule has 1 aliphatic heterocycles. The molecule has 5 rings (SSSR count). The molecule has 1 amide bonds. The Morgan fingerprint density at radius 2 is 1.83 bits per heavy atom. The minimum Gasteiger partial charge on any atom is -0.441 e. The molecule has 3 aromatic carbocycles. The number of carbonyl (C=O) groups excluding carboxylic acids is 2. The summed E-state index contributed by atoms with van der Waals surface area (Å²) in [4.78, 5) is 29.4. The number of amides is 1. The van der Waals surface area contributed by atoms with Crippen molar-refractivity contribution in [3.8, 4) is 11.8 Å². The molecule has 1 saturated carbocycles. The Bertz CT molecular complexity index is 1460. The average molecular weight is 479 g/mol. The highest BCUT2D eigenvalue weighted by atomic mass is 16.6. The van der Waals surface area contributed by atoms with E-state index in [0.29, 0.717) is 17.0 Å². The molecule has 6 nitrogen and oxygen atoms in total. The van der Waals surface area contributed by atoms with E-state index in [-0.39, 0.29) is 12.0 Å². The van der Waals surface area contributed by atoms with Crippen molar-refractivity contribution in [2.45, 2.75) is 38.2 Å². The SMILES string of the molecule is CC1=NOCC(C#Cc2ccc3cc(C4(C=O)CC4)ccc3c2)=C1NC(=O)OC(C)c1ccccc1. The third-order valence-electron chi connectivity index (χ3n) is 6.64. The summed E-state index contributed by atoms with van der Waals surface area (Å²) in [5, 5.41) is 8.91.